The smallest absolute Gasteiger partial charge is 0.227 e. The van der Waals surface area contributed by atoms with Crippen LogP contribution in [-0.2, 0) is 20.7 Å². The highest BCUT2D eigenvalue weighted by molar-refractivity contribution is 6.42. The first kappa shape index (κ1) is 18.9. The van der Waals surface area contributed by atoms with E-state index in [0.717, 1.165) is 24.8 Å². The predicted octanol–water partition coefficient (Wildman–Crippen LogP) is 2.88. The van der Waals surface area contributed by atoms with E-state index in [0.29, 0.717) is 29.7 Å². The Morgan fingerprint density at radius 3 is 2.68 bits per heavy atom. The highest BCUT2D eigenvalue weighted by Crippen LogP contribution is 2.37. The first-order valence-corrected chi connectivity index (χ1v) is 9.34. The molecule has 0 radical (unpaired) electrons. The summed E-state index contributed by atoms with van der Waals surface area (Å²) in [5.41, 5.74) is 0.863. The number of rotatable bonds is 4. The number of halogens is 2. The average molecular weight is 387 g/mol. The van der Waals surface area contributed by atoms with Gasteiger partial charge in [-0.15, -0.1) is 0 Å². The molecule has 138 valence electrons. The van der Waals surface area contributed by atoms with Crippen molar-refractivity contribution in [1.82, 2.24) is 10.2 Å². The van der Waals surface area contributed by atoms with Crippen molar-refractivity contribution in [2.24, 2.45) is 0 Å². The largest absolute Gasteiger partial charge is 0.347 e. The minimum Gasteiger partial charge on any atom is -0.347 e. The minimum atomic E-state index is -0.474. The van der Waals surface area contributed by atoms with Crippen LogP contribution in [0, 0.1) is 0 Å². The molecule has 0 unspecified atom stereocenters. The van der Waals surface area contributed by atoms with E-state index in [1.807, 2.05) is 25.1 Å². The van der Waals surface area contributed by atoms with Crippen molar-refractivity contribution in [3.8, 4) is 0 Å². The van der Waals surface area contributed by atoms with Gasteiger partial charge in [-0.2, -0.15) is 0 Å². The number of amides is 1. The number of benzene rings is 1. The zero-order valence-electron chi connectivity index (χ0n) is 14.6. The number of carbonyl (C=O) groups is 1. The SMILES string of the molecule is CN[C@@H]1CC2(CC[C@H]1N(C)C(=O)Cc1ccc(Cl)c(Cl)c1)OCCO2. The van der Waals surface area contributed by atoms with Crippen LogP contribution in [0.15, 0.2) is 18.2 Å². The van der Waals surface area contributed by atoms with Crippen LogP contribution < -0.4 is 5.32 Å². The van der Waals surface area contributed by atoms with Crippen LogP contribution >= 0.6 is 23.2 Å². The quantitative estimate of drug-likeness (QED) is 0.863. The maximum absolute atomic E-state index is 12.7. The van der Waals surface area contributed by atoms with E-state index in [2.05, 4.69) is 5.32 Å². The fourth-order valence-corrected chi connectivity index (χ4v) is 4.11. The fraction of sp³-hybridized carbons (Fsp3) is 0.611. The summed E-state index contributed by atoms with van der Waals surface area (Å²) in [7, 11) is 3.78. The van der Waals surface area contributed by atoms with Crippen molar-refractivity contribution in [2.45, 2.75) is 43.6 Å². The molecule has 3 rings (SSSR count). The zero-order valence-corrected chi connectivity index (χ0v) is 16.1. The lowest BCUT2D eigenvalue weighted by Crippen LogP contribution is -2.57. The maximum atomic E-state index is 12.7. The summed E-state index contributed by atoms with van der Waals surface area (Å²) in [4.78, 5) is 14.6. The fourth-order valence-electron chi connectivity index (χ4n) is 3.79. The van der Waals surface area contributed by atoms with Gasteiger partial charge in [-0.3, -0.25) is 4.79 Å². The van der Waals surface area contributed by atoms with Crippen LogP contribution in [0.1, 0.15) is 24.8 Å². The molecule has 0 bridgehead atoms. The van der Waals surface area contributed by atoms with E-state index < -0.39 is 5.79 Å². The highest BCUT2D eigenvalue weighted by atomic mass is 35.5. The van der Waals surface area contributed by atoms with Crippen molar-refractivity contribution in [2.75, 3.05) is 27.3 Å². The third kappa shape index (κ3) is 4.12. The number of hydrogen-bond donors (Lipinski definition) is 1. The molecule has 1 saturated carbocycles. The molecule has 1 aromatic carbocycles. The molecule has 1 amide bonds. The summed E-state index contributed by atoms with van der Waals surface area (Å²) >= 11 is 12.0. The van der Waals surface area contributed by atoms with Gasteiger partial charge in [-0.1, -0.05) is 29.3 Å². The number of likely N-dealkylation sites (N-methyl/N-ethyl adjacent to an activating group) is 2. The lowest BCUT2D eigenvalue weighted by atomic mass is 9.84. The molecule has 7 heteroatoms. The Bertz CT molecular complexity index is 635. The number of ether oxygens (including phenoxy) is 2. The lowest BCUT2D eigenvalue weighted by molar-refractivity contribution is -0.190. The van der Waals surface area contributed by atoms with Crippen LogP contribution in [0.25, 0.3) is 0 Å². The normalized spacial score (nSPS) is 25.3. The molecule has 1 saturated heterocycles. The van der Waals surface area contributed by atoms with Gasteiger partial charge in [0.1, 0.15) is 0 Å². The minimum absolute atomic E-state index is 0.0628. The van der Waals surface area contributed by atoms with Gasteiger partial charge in [0.15, 0.2) is 5.79 Å². The van der Waals surface area contributed by atoms with Crippen molar-refractivity contribution in [3.63, 3.8) is 0 Å². The molecule has 2 aliphatic rings. The molecule has 0 aromatic heterocycles. The Hall–Kier alpha value is -0.850. The van der Waals surface area contributed by atoms with Crippen molar-refractivity contribution < 1.29 is 14.3 Å². The van der Waals surface area contributed by atoms with Gasteiger partial charge >= 0.3 is 0 Å². The molecule has 2 fully saturated rings. The number of hydrogen-bond acceptors (Lipinski definition) is 4. The highest BCUT2D eigenvalue weighted by Gasteiger charge is 2.46. The van der Waals surface area contributed by atoms with E-state index >= 15 is 0 Å². The third-order valence-corrected chi connectivity index (χ3v) is 5.97. The Morgan fingerprint density at radius 2 is 2.04 bits per heavy atom. The van der Waals surface area contributed by atoms with E-state index in [1.165, 1.54) is 0 Å². The van der Waals surface area contributed by atoms with E-state index in [4.69, 9.17) is 32.7 Å². The number of carbonyl (C=O) groups excluding carboxylic acids is 1. The van der Waals surface area contributed by atoms with Gasteiger partial charge in [0.2, 0.25) is 5.91 Å². The van der Waals surface area contributed by atoms with Crippen LogP contribution in [0.2, 0.25) is 10.0 Å². The third-order valence-electron chi connectivity index (χ3n) is 5.23. The van der Waals surface area contributed by atoms with Gasteiger partial charge < -0.3 is 19.7 Å². The molecule has 1 aliphatic heterocycles. The summed E-state index contributed by atoms with van der Waals surface area (Å²) in [5, 5.41) is 4.30. The summed E-state index contributed by atoms with van der Waals surface area (Å²) in [5.74, 6) is -0.412. The topological polar surface area (TPSA) is 50.8 Å². The van der Waals surface area contributed by atoms with Gasteiger partial charge in [0.25, 0.3) is 0 Å². The standard InChI is InChI=1S/C18H24Cl2N2O3/c1-21-15-11-18(24-7-8-25-18)6-5-16(15)22(2)17(23)10-12-3-4-13(19)14(20)9-12/h3-4,9,15-16,21H,5-8,10-11H2,1-2H3/t15-,16-/m1/s1. The summed E-state index contributed by atoms with van der Waals surface area (Å²) in [6, 6.07) is 5.56. The molecule has 1 spiro atoms. The molecule has 1 aliphatic carbocycles. The van der Waals surface area contributed by atoms with E-state index in [1.54, 1.807) is 12.1 Å². The molecule has 1 aromatic rings. The molecular weight excluding hydrogens is 363 g/mol. The molecular formula is C18H24Cl2N2O3. The zero-order chi connectivity index (χ0) is 18.0. The van der Waals surface area contributed by atoms with Crippen LogP contribution in [0.5, 0.6) is 0 Å². The van der Waals surface area contributed by atoms with Crippen LogP contribution in [0.4, 0.5) is 0 Å². The number of nitrogens with one attached hydrogen (secondary N) is 1. The molecule has 5 nitrogen and oxygen atoms in total. The van der Waals surface area contributed by atoms with Gasteiger partial charge in [-0.05, 0) is 31.2 Å². The second-order valence-corrected chi connectivity index (χ2v) is 7.56. The monoisotopic (exact) mass is 386 g/mol. The average Bonchev–Trinajstić information content (AvgIpc) is 3.05. The summed E-state index contributed by atoms with van der Waals surface area (Å²) in [6.45, 7) is 1.29. The summed E-state index contributed by atoms with van der Waals surface area (Å²) < 4.78 is 11.7. The molecule has 25 heavy (non-hydrogen) atoms. The lowest BCUT2D eigenvalue weighted by Gasteiger charge is -2.44. The van der Waals surface area contributed by atoms with Crippen molar-refractivity contribution >= 4 is 29.1 Å². The molecule has 1 heterocycles. The van der Waals surface area contributed by atoms with Gasteiger partial charge in [-0.25, -0.2) is 0 Å². The Labute approximate surface area is 158 Å². The second kappa shape index (κ2) is 7.80. The Kier molecular flexibility index (Phi) is 5.91. The second-order valence-electron chi connectivity index (χ2n) is 6.74. The van der Waals surface area contributed by atoms with Gasteiger partial charge in [0, 0.05) is 32.0 Å². The predicted molar refractivity (Wildman–Crippen MR) is 98.1 cm³/mol. The van der Waals surface area contributed by atoms with Gasteiger partial charge in [0.05, 0.1) is 29.7 Å². The van der Waals surface area contributed by atoms with E-state index in [9.17, 15) is 4.79 Å². The van der Waals surface area contributed by atoms with Crippen molar-refractivity contribution in [1.29, 1.82) is 0 Å². The van der Waals surface area contributed by atoms with E-state index in [-0.39, 0.29) is 18.0 Å². The van der Waals surface area contributed by atoms with Crippen LogP contribution in [-0.4, -0.2) is 56.0 Å². The first-order valence-electron chi connectivity index (χ1n) is 8.59. The Morgan fingerprint density at radius 1 is 1.32 bits per heavy atom. The Balaban J connectivity index is 1.65. The molecule has 1 N–H and O–H groups in total. The van der Waals surface area contributed by atoms with Crippen molar-refractivity contribution in [3.05, 3.63) is 33.8 Å². The van der Waals surface area contributed by atoms with Crippen LogP contribution in [0.3, 0.4) is 0 Å². The first-order chi connectivity index (χ1) is 11.9. The number of nitrogens with zero attached hydrogens (tertiary/aromatic N) is 1. The molecule has 2 atom stereocenters. The summed E-state index contributed by atoms with van der Waals surface area (Å²) in [6.07, 6.45) is 2.70. The maximum Gasteiger partial charge on any atom is 0.227 e.